The highest BCUT2D eigenvalue weighted by molar-refractivity contribution is 7.90. The van der Waals surface area contributed by atoms with Crippen molar-refractivity contribution in [2.24, 2.45) is 0 Å². The Morgan fingerprint density at radius 1 is 1.27 bits per heavy atom. The van der Waals surface area contributed by atoms with E-state index in [-0.39, 0.29) is 27.9 Å². The van der Waals surface area contributed by atoms with E-state index in [1.807, 2.05) is 0 Å². The van der Waals surface area contributed by atoms with Crippen molar-refractivity contribution in [3.05, 3.63) is 53.3 Å². The molecule has 1 aromatic heterocycles. The van der Waals surface area contributed by atoms with Crippen LogP contribution in [0.15, 0.2) is 41.3 Å². The van der Waals surface area contributed by atoms with E-state index in [9.17, 15) is 17.6 Å². The smallest absolute Gasteiger partial charge is 0.338 e. The van der Waals surface area contributed by atoms with Gasteiger partial charge in [0.2, 0.25) is 0 Å². The molecular weight excluding hydrogens is 379 g/mol. The minimum Gasteiger partial charge on any atom is -0.462 e. The molecule has 0 aliphatic heterocycles. The molecule has 9 heteroatoms. The second-order valence-corrected chi connectivity index (χ2v) is 8.50. The first-order valence-electron chi connectivity index (χ1n) is 7.64. The molecule has 0 saturated carbocycles. The molecule has 0 atom stereocenters. The summed E-state index contributed by atoms with van der Waals surface area (Å²) in [4.78, 5) is 15.5. The van der Waals surface area contributed by atoms with Gasteiger partial charge in [-0.15, -0.1) is 0 Å². The lowest BCUT2D eigenvalue weighted by atomic mass is 10.1. The molecule has 0 radical (unpaired) electrons. The van der Waals surface area contributed by atoms with Gasteiger partial charge in [0.25, 0.3) is 0 Å². The van der Waals surface area contributed by atoms with Crippen LogP contribution in [-0.2, 0) is 20.3 Å². The summed E-state index contributed by atoms with van der Waals surface area (Å²) in [6.07, 6.45) is 0. The number of sulfone groups is 1. The van der Waals surface area contributed by atoms with E-state index < -0.39 is 21.6 Å². The third kappa shape index (κ3) is 3.68. The van der Waals surface area contributed by atoms with E-state index in [2.05, 4.69) is 4.98 Å². The zero-order chi connectivity index (χ0) is 18.9. The normalized spacial score (nSPS) is 11.6. The highest BCUT2D eigenvalue weighted by Gasteiger charge is 2.22. The van der Waals surface area contributed by atoms with Crippen molar-refractivity contribution in [3.8, 4) is 0 Å². The van der Waals surface area contributed by atoms with Crippen LogP contribution in [0, 0.1) is 5.82 Å². The molecule has 1 heterocycles. The molecule has 0 saturated heterocycles. The second-order valence-electron chi connectivity index (χ2n) is 5.48. The Bertz CT molecular complexity index is 1080. The van der Waals surface area contributed by atoms with E-state index in [1.54, 1.807) is 6.92 Å². The molecule has 2 aromatic carbocycles. The van der Waals surface area contributed by atoms with Crippen molar-refractivity contribution in [1.29, 1.82) is 0 Å². The van der Waals surface area contributed by atoms with E-state index in [0.29, 0.717) is 15.8 Å². The van der Waals surface area contributed by atoms with Crippen molar-refractivity contribution >= 4 is 42.5 Å². The maximum Gasteiger partial charge on any atom is 0.338 e. The van der Waals surface area contributed by atoms with Gasteiger partial charge in [-0.3, -0.25) is 0 Å². The number of benzene rings is 2. The Morgan fingerprint density at radius 3 is 2.62 bits per heavy atom. The Hall–Kier alpha value is -2.52. The van der Waals surface area contributed by atoms with Gasteiger partial charge in [0.05, 0.1) is 27.5 Å². The molecule has 26 heavy (non-hydrogen) atoms. The van der Waals surface area contributed by atoms with E-state index >= 15 is 0 Å². The number of carbonyl (C=O) groups excluding carboxylic acids is 1. The number of nitrogens with zero attached hydrogens (tertiary/aromatic N) is 1. The van der Waals surface area contributed by atoms with Crippen molar-refractivity contribution in [2.45, 2.75) is 17.6 Å². The van der Waals surface area contributed by atoms with Crippen LogP contribution in [0.1, 0.15) is 22.8 Å². The summed E-state index contributed by atoms with van der Waals surface area (Å²) in [5, 5.41) is 0.167. The average molecular weight is 394 g/mol. The van der Waals surface area contributed by atoms with Gasteiger partial charge in [-0.05, 0) is 36.8 Å². The van der Waals surface area contributed by atoms with Crippen LogP contribution in [0.2, 0.25) is 0 Å². The lowest BCUT2D eigenvalue weighted by molar-refractivity contribution is 0.0526. The summed E-state index contributed by atoms with van der Waals surface area (Å²) in [5.41, 5.74) is 6.57. The van der Waals surface area contributed by atoms with Gasteiger partial charge in [0.15, 0.2) is 15.0 Å². The lowest BCUT2D eigenvalue weighted by Crippen LogP contribution is -2.08. The van der Waals surface area contributed by atoms with E-state index in [0.717, 1.165) is 17.4 Å². The molecule has 0 aliphatic rings. The maximum atomic E-state index is 13.8. The van der Waals surface area contributed by atoms with Crippen molar-refractivity contribution in [1.82, 2.24) is 4.98 Å². The van der Waals surface area contributed by atoms with Gasteiger partial charge in [0.1, 0.15) is 11.3 Å². The second kappa shape index (κ2) is 7.00. The summed E-state index contributed by atoms with van der Waals surface area (Å²) in [6, 6.07) is 8.18. The topological polar surface area (TPSA) is 99.4 Å². The van der Waals surface area contributed by atoms with Crippen LogP contribution in [0.25, 0.3) is 10.2 Å². The van der Waals surface area contributed by atoms with Gasteiger partial charge < -0.3 is 10.5 Å². The fourth-order valence-corrected chi connectivity index (χ4v) is 4.85. The first-order chi connectivity index (χ1) is 12.3. The zero-order valence-corrected chi connectivity index (χ0v) is 15.4. The summed E-state index contributed by atoms with van der Waals surface area (Å²) in [6.45, 7) is 1.95. The molecule has 0 amide bonds. The number of halogens is 1. The lowest BCUT2D eigenvalue weighted by Gasteiger charge is -2.07. The molecular formula is C17H15FN2O4S2. The molecule has 6 nitrogen and oxygen atoms in total. The Kier molecular flexibility index (Phi) is 4.92. The van der Waals surface area contributed by atoms with Gasteiger partial charge >= 0.3 is 5.97 Å². The molecule has 0 bridgehead atoms. The number of fused-ring (bicyclic) bond motifs is 1. The first-order valence-corrected chi connectivity index (χ1v) is 10.1. The molecule has 2 N–H and O–H groups in total. The van der Waals surface area contributed by atoms with Gasteiger partial charge in [0, 0.05) is 0 Å². The molecule has 3 rings (SSSR count). The average Bonchev–Trinajstić information content (AvgIpc) is 2.94. The monoisotopic (exact) mass is 394 g/mol. The number of ether oxygens (including phenoxy) is 1. The largest absolute Gasteiger partial charge is 0.462 e. The van der Waals surface area contributed by atoms with Crippen LogP contribution in [0.3, 0.4) is 0 Å². The number of carbonyl (C=O) groups is 1. The number of hydrogen-bond donors (Lipinski definition) is 1. The van der Waals surface area contributed by atoms with Crippen molar-refractivity contribution in [2.75, 3.05) is 12.3 Å². The Labute approximate surface area is 153 Å². The van der Waals surface area contributed by atoms with Crippen LogP contribution in [0.4, 0.5) is 9.52 Å². The number of anilines is 1. The predicted octanol–water partition coefficient (Wildman–Crippen LogP) is 3.17. The van der Waals surface area contributed by atoms with Gasteiger partial charge in [-0.25, -0.2) is 22.6 Å². The first kappa shape index (κ1) is 18.3. The minimum atomic E-state index is -3.86. The number of nitrogens with two attached hydrogens (primary N) is 1. The fourth-order valence-electron chi connectivity index (χ4n) is 2.47. The number of rotatable bonds is 5. The van der Waals surface area contributed by atoms with Crippen LogP contribution in [-0.4, -0.2) is 26.0 Å². The van der Waals surface area contributed by atoms with E-state index in [4.69, 9.17) is 10.5 Å². The summed E-state index contributed by atoms with van der Waals surface area (Å²) in [7, 11) is -3.86. The maximum absolute atomic E-state index is 13.8. The SMILES string of the molecule is CCOC(=O)c1ccc(CS(=O)(=O)c2cc(F)cc3sc(N)nc23)cc1. The van der Waals surface area contributed by atoms with E-state index in [1.165, 1.54) is 30.3 Å². The van der Waals surface area contributed by atoms with Crippen molar-refractivity contribution < 1.29 is 22.3 Å². The quantitative estimate of drug-likeness (QED) is 0.667. The van der Waals surface area contributed by atoms with Crippen LogP contribution < -0.4 is 5.73 Å². The Morgan fingerprint density at radius 2 is 1.96 bits per heavy atom. The summed E-state index contributed by atoms with van der Waals surface area (Å²) < 4.78 is 44.6. The molecule has 0 aliphatic carbocycles. The molecule has 136 valence electrons. The molecule has 3 aromatic rings. The number of thiazole rings is 1. The highest BCUT2D eigenvalue weighted by Crippen LogP contribution is 2.31. The molecule has 0 spiro atoms. The van der Waals surface area contributed by atoms with Gasteiger partial charge in [-0.2, -0.15) is 0 Å². The zero-order valence-electron chi connectivity index (χ0n) is 13.7. The van der Waals surface area contributed by atoms with Crippen molar-refractivity contribution in [3.63, 3.8) is 0 Å². The molecule has 0 unspecified atom stereocenters. The number of nitrogen functional groups attached to an aromatic ring is 1. The third-order valence-electron chi connectivity index (χ3n) is 3.60. The summed E-state index contributed by atoms with van der Waals surface area (Å²) in [5.74, 6) is -1.50. The fraction of sp³-hybridized carbons (Fsp3) is 0.176. The highest BCUT2D eigenvalue weighted by atomic mass is 32.2. The van der Waals surface area contributed by atoms with Crippen LogP contribution in [0.5, 0.6) is 0 Å². The molecule has 0 fully saturated rings. The predicted molar refractivity (Wildman–Crippen MR) is 97.3 cm³/mol. The van der Waals surface area contributed by atoms with Gasteiger partial charge in [-0.1, -0.05) is 23.5 Å². The minimum absolute atomic E-state index is 0.164. The standard InChI is InChI=1S/C17H15FN2O4S2/c1-2-24-16(21)11-5-3-10(4-6-11)9-26(22,23)14-8-12(18)7-13-15(14)20-17(19)25-13/h3-8H,2,9H2,1H3,(H2,19,20). The third-order valence-corrected chi connectivity index (χ3v) is 6.12. The summed E-state index contributed by atoms with van der Waals surface area (Å²) >= 11 is 1.02. The van der Waals surface area contributed by atoms with Crippen LogP contribution >= 0.6 is 11.3 Å². The number of esters is 1. The number of aromatic nitrogens is 1. The number of hydrogen-bond acceptors (Lipinski definition) is 7. The Balaban J connectivity index is 1.93.